The number of amides is 1. The number of rotatable bonds is 5. The summed E-state index contributed by atoms with van der Waals surface area (Å²) in [5, 5.41) is 3.47. The Balaban J connectivity index is 2.03. The van der Waals surface area contributed by atoms with Crippen molar-refractivity contribution in [2.24, 2.45) is 17.6 Å². The number of hydrogen-bond donors (Lipinski definition) is 2. The van der Waals surface area contributed by atoms with Crippen molar-refractivity contribution in [3.05, 3.63) is 0 Å². The van der Waals surface area contributed by atoms with Crippen molar-refractivity contribution in [3.63, 3.8) is 0 Å². The lowest BCUT2D eigenvalue weighted by Gasteiger charge is -2.46. The highest BCUT2D eigenvalue weighted by Gasteiger charge is 2.43. The first-order valence-corrected chi connectivity index (χ1v) is 8.77. The molecule has 4 heteroatoms. The maximum Gasteiger partial charge on any atom is 0.237 e. The molecule has 0 radical (unpaired) electrons. The summed E-state index contributed by atoms with van der Waals surface area (Å²) < 4.78 is 0. The number of carbonyl (C=O) groups excluding carboxylic acids is 1. The molecule has 2 fully saturated rings. The van der Waals surface area contributed by atoms with Crippen LogP contribution in [0.4, 0.5) is 0 Å². The van der Waals surface area contributed by atoms with Crippen molar-refractivity contribution >= 4 is 5.91 Å². The van der Waals surface area contributed by atoms with Gasteiger partial charge in [0.2, 0.25) is 5.91 Å². The van der Waals surface area contributed by atoms with E-state index >= 15 is 0 Å². The SMILES string of the molecule is CCCNC1(C(N)=O)CCCC(N2CCC(C)C(C)C2)C1. The Hall–Kier alpha value is -0.610. The van der Waals surface area contributed by atoms with Crippen LogP contribution in [-0.2, 0) is 4.79 Å². The summed E-state index contributed by atoms with van der Waals surface area (Å²) in [7, 11) is 0. The predicted molar refractivity (Wildman–Crippen MR) is 87.0 cm³/mol. The Kier molecular flexibility index (Phi) is 5.67. The van der Waals surface area contributed by atoms with Gasteiger partial charge in [-0.3, -0.25) is 4.79 Å². The second-order valence-electron chi connectivity index (χ2n) is 7.36. The molecule has 21 heavy (non-hydrogen) atoms. The number of likely N-dealkylation sites (tertiary alicyclic amines) is 1. The molecular weight excluding hydrogens is 262 g/mol. The fourth-order valence-corrected chi connectivity index (χ4v) is 4.02. The number of primary amides is 1. The average molecular weight is 295 g/mol. The average Bonchev–Trinajstić information content (AvgIpc) is 2.48. The lowest BCUT2D eigenvalue weighted by Crippen LogP contribution is -2.61. The van der Waals surface area contributed by atoms with Gasteiger partial charge in [0.25, 0.3) is 0 Å². The van der Waals surface area contributed by atoms with Crippen molar-refractivity contribution in [1.82, 2.24) is 10.2 Å². The van der Waals surface area contributed by atoms with Gasteiger partial charge in [0, 0.05) is 12.6 Å². The van der Waals surface area contributed by atoms with Crippen molar-refractivity contribution in [2.45, 2.75) is 70.9 Å². The summed E-state index contributed by atoms with van der Waals surface area (Å²) in [6, 6.07) is 0.519. The molecule has 0 spiro atoms. The zero-order valence-electron chi connectivity index (χ0n) is 14.0. The van der Waals surface area contributed by atoms with E-state index in [1.165, 1.54) is 25.9 Å². The molecule has 1 amide bonds. The van der Waals surface area contributed by atoms with E-state index in [-0.39, 0.29) is 5.91 Å². The van der Waals surface area contributed by atoms with Crippen LogP contribution < -0.4 is 11.1 Å². The Morgan fingerprint density at radius 1 is 1.33 bits per heavy atom. The second kappa shape index (κ2) is 7.10. The molecule has 1 heterocycles. The maximum atomic E-state index is 12.1. The van der Waals surface area contributed by atoms with E-state index in [0.717, 1.165) is 44.1 Å². The fourth-order valence-electron chi connectivity index (χ4n) is 4.02. The van der Waals surface area contributed by atoms with E-state index in [9.17, 15) is 4.79 Å². The van der Waals surface area contributed by atoms with Gasteiger partial charge in [-0.05, 0) is 63.5 Å². The lowest BCUT2D eigenvalue weighted by atomic mass is 9.76. The largest absolute Gasteiger partial charge is 0.368 e. The molecule has 1 aliphatic carbocycles. The highest BCUT2D eigenvalue weighted by molar-refractivity contribution is 5.84. The minimum absolute atomic E-state index is 0.154. The Bertz CT molecular complexity index is 360. The van der Waals surface area contributed by atoms with E-state index < -0.39 is 5.54 Å². The summed E-state index contributed by atoms with van der Waals surface area (Å²) in [6.45, 7) is 10.1. The van der Waals surface area contributed by atoms with Gasteiger partial charge in [-0.25, -0.2) is 0 Å². The smallest absolute Gasteiger partial charge is 0.237 e. The summed E-state index contributed by atoms with van der Waals surface area (Å²) in [6.07, 6.45) is 6.43. The zero-order chi connectivity index (χ0) is 15.5. The van der Waals surface area contributed by atoms with Gasteiger partial charge in [-0.2, -0.15) is 0 Å². The monoisotopic (exact) mass is 295 g/mol. The minimum atomic E-state index is -0.467. The van der Waals surface area contributed by atoms with Crippen molar-refractivity contribution < 1.29 is 4.79 Å². The van der Waals surface area contributed by atoms with Crippen molar-refractivity contribution in [1.29, 1.82) is 0 Å². The van der Waals surface area contributed by atoms with Gasteiger partial charge < -0.3 is 16.0 Å². The molecule has 1 saturated carbocycles. The third-order valence-electron chi connectivity index (χ3n) is 5.79. The van der Waals surface area contributed by atoms with Crippen LogP contribution in [-0.4, -0.2) is 42.0 Å². The van der Waals surface area contributed by atoms with E-state index in [1.54, 1.807) is 0 Å². The summed E-state index contributed by atoms with van der Waals surface area (Å²) in [5.41, 5.74) is 5.30. The number of carbonyl (C=O) groups is 1. The number of piperidine rings is 1. The first kappa shape index (κ1) is 16.8. The Labute approximate surface area is 129 Å². The van der Waals surface area contributed by atoms with Crippen LogP contribution in [0.15, 0.2) is 0 Å². The first-order valence-electron chi connectivity index (χ1n) is 8.77. The molecule has 2 aliphatic rings. The lowest BCUT2D eigenvalue weighted by molar-refractivity contribution is -0.127. The van der Waals surface area contributed by atoms with Gasteiger partial charge in [0.05, 0.1) is 5.54 Å². The van der Waals surface area contributed by atoms with Crippen molar-refractivity contribution in [2.75, 3.05) is 19.6 Å². The van der Waals surface area contributed by atoms with E-state index in [2.05, 4.69) is 31.0 Å². The van der Waals surface area contributed by atoms with Crippen molar-refractivity contribution in [3.8, 4) is 0 Å². The second-order valence-corrected chi connectivity index (χ2v) is 7.36. The van der Waals surface area contributed by atoms with E-state index in [0.29, 0.717) is 6.04 Å². The molecule has 1 aliphatic heterocycles. The Morgan fingerprint density at radius 2 is 2.10 bits per heavy atom. The van der Waals surface area contributed by atoms with Crippen LogP contribution in [0.5, 0.6) is 0 Å². The van der Waals surface area contributed by atoms with Crippen LogP contribution >= 0.6 is 0 Å². The molecule has 122 valence electrons. The standard InChI is InChI=1S/C17H33N3O/c1-4-9-19-17(16(18)21)8-5-6-15(11-17)20-10-7-13(2)14(3)12-20/h13-15,19H,4-12H2,1-3H3,(H2,18,21). The van der Waals surface area contributed by atoms with Gasteiger partial charge in [-0.1, -0.05) is 20.8 Å². The van der Waals surface area contributed by atoms with Crippen LogP contribution in [0, 0.1) is 11.8 Å². The van der Waals surface area contributed by atoms with Gasteiger partial charge in [0.1, 0.15) is 0 Å². The summed E-state index contributed by atoms with van der Waals surface area (Å²) in [5.74, 6) is 1.43. The van der Waals surface area contributed by atoms with E-state index in [1.807, 2.05) is 0 Å². The normalized spacial score (nSPS) is 38.3. The predicted octanol–water partition coefficient (Wildman–Crippen LogP) is 2.13. The number of nitrogens with one attached hydrogen (secondary N) is 1. The molecule has 2 rings (SSSR count). The molecule has 0 aromatic heterocycles. The molecule has 0 bridgehead atoms. The molecule has 4 unspecified atom stereocenters. The molecule has 1 saturated heterocycles. The zero-order valence-corrected chi connectivity index (χ0v) is 14.0. The quantitative estimate of drug-likeness (QED) is 0.817. The molecule has 4 nitrogen and oxygen atoms in total. The first-order chi connectivity index (χ1) is 9.98. The topological polar surface area (TPSA) is 58.4 Å². The highest BCUT2D eigenvalue weighted by Crippen LogP contribution is 2.34. The highest BCUT2D eigenvalue weighted by atomic mass is 16.1. The van der Waals surface area contributed by atoms with Crippen LogP contribution in [0.2, 0.25) is 0 Å². The van der Waals surface area contributed by atoms with Crippen LogP contribution in [0.1, 0.15) is 59.3 Å². The molecule has 3 N–H and O–H groups in total. The fraction of sp³-hybridized carbons (Fsp3) is 0.941. The molecule has 4 atom stereocenters. The van der Waals surface area contributed by atoms with Crippen LogP contribution in [0.3, 0.4) is 0 Å². The minimum Gasteiger partial charge on any atom is -0.368 e. The van der Waals surface area contributed by atoms with Crippen LogP contribution in [0.25, 0.3) is 0 Å². The Morgan fingerprint density at radius 3 is 2.71 bits per heavy atom. The number of hydrogen-bond acceptors (Lipinski definition) is 3. The molecular formula is C17H33N3O. The number of nitrogens with zero attached hydrogens (tertiary/aromatic N) is 1. The molecule has 0 aromatic rings. The number of nitrogens with two attached hydrogens (primary N) is 1. The summed E-state index contributed by atoms with van der Waals surface area (Å²) >= 11 is 0. The van der Waals surface area contributed by atoms with Gasteiger partial charge >= 0.3 is 0 Å². The van der Waals surface area contributed by atoms with E-state index in [4.69, 9.17) is 5.73 Å². The third-order valence-corrected chi connectivity index (χ3v) is 5.79. The van der Waals surface area contributed by atoms with Gasteiger partial charge in [0.15, 0.2) is 0 Å². The maximum absolute atomic E-state index is 12.1. The summed E-state index contributed by atoms with van der Waals surface area (Å²) in [4.78, 5) is 14.7. The van der Waals surface area contributed by atoms with Gasteiger partial charge in [-0.15, -0.1) is 0 Å². The third kappa shape index (κ3) is 3.78. The molecule has 0 aromatic carbocycles.